The molecule has 9 heteroatoms. The second kappa shape index (κ2) is 17.7. The summed E-state index contributed by atoms with van der Waals surface area (Å²) in [5.41, 5.74) is 1.62. The van der Waals surface area contributed by atoms with Crippen molar-refractivity contribution >= 4 is 28.5 Å². The number of alkyl halides is 1. The van der Waals surface area contributed by atoms with Gasteiger partial charge in [0.15, 0.2) is 0 Å². The molecule has 0 aliphatic heterocycles. The van der Waals surface area contributed by atoms with Gasteiger partial charge in [-0.1, -0.05) is 30.3 Å². The van der Waals surface area contributed by atoms with Crippen LogP contribution in [0.4, 0.5) is 10.1 Å². The van der Waals surface area contributed by atoms with Gasteiger partial charge in [0.05, 0.1) is 11.6 Å². The lowest BCUT2D eigenvalue weighted by atomic mass is 10.1. The highest BCUT2D eigenvalue weighted by Crippen LogP contribution is 2.20. The summed E-state index contributed by atoms with van der Waals surface area (Å²) < 4.78 is 47.4. The van der Waals surface area contributed by atoms with E-state index in [1.807, 2.05) is 27.6 Å². The van der Waals surface area contributed by atoms with Crippen molar-refractivity contribution in [3.8, 4) is 0 Å². The van der Waals surface area contributed by atoms with Crippen molar-refractivity contribution in [3.05, 3.63) is 59.7 Å². The van der Waals surface area contributed by atoms with Crippen molar-refractivity contribution < 1.29 is 31.9 Å². The average Bonchev–Trinajstić information content (AvgIpc) is 2.75. The Morgan fingerprint density at radius 2 is 1.50 bits per heavy atom. The fraction of sp³-hybridized carbons (Fsp3) is 0.440. The Morgan fingerprint density at radius 3 is 1.94 bits per heavy atom. The molecule has 0 aliphatic carbocycles. The number of nitrogens with one attached hydrogen (secondary N) is 1. The number of rotatable bonds is 6. The van der Waals surface area contributed by atoms with E-state index in [1.54, 1.807) is 69.7 Å². The Balaban J connectivity index is 0. The molecule has 0 aromatic heterocycles. The first-order valence-electron chi connectivity index (χ1n) is 10.5. The van der Waals surface area contributed by atoms with Gasteiger partial charge in [-0.15, -0.1) is 0 Å². The van der Waals surface area contributed by atoms with Crippen molar-refractivity contribution in [2.45, 2.75) is 58.0 Å². The van der Waals surface area contributed by atoms with Crippen LogP contribution in [-0.2, 0) is 35.5 Å². The summed E-state index contributed by atoms with van der Waals surface area (Å²) in [6.07, 6.45) is 0.825. The molecule has 0 saturated heterocycles. The minimum atomic E-state index is -3.63. The van der Waals surface area contributed by atoms with Crippen LogP contribution in [0.1, 0.15) is 45.2 Å². The first-order chi connectivity index (χ1) is 15.9. The van der Waals surface area contributed by atoms with Crippen LogP contribution in [0.3, 0.4) is 0 Å². The Hall–Kier alpha value is -2.78. The fourth-order valence-corrected chi connectivity index (χ4v) is 3.75. The topological polar surface area (TPSA) is 98.8 Å². The van der Waals surface area contributed by atoms with Crippen LogP contribution in [0.5, 0.6) is 0 Å². The zero-order chi connectivity index (χ0) is 26.8. The van der Waals surface area contributed by atoms with E-state index < -0.39 is 15.6 Å². The summed E-state index contributed by atoms with van der Waals surface area (Å²) in [5.74, 6) is -0.248. The van der Waals surface area contributed by atoms with Gasteiger partial charge in [0.1, 0.15) is 12.4 Å². The first kappa shape index (κ1) is 33.4. The molecule has 0 atom stereocenters. The van der Waals surface area contributed by atoms with E-state index >= 15 is 0 Å². The summed E-state index contributed by atoms with van der Waals surface area (Å²) >= 11 is 0. The molecule has 1 N–H and O–H groups in total. The molecule has 7 nitrogen and oxygen atoms in total. The number of carbonyl (C=O) groups is 2. The maximum Gasteiger partial charge on any atom is 0.306 e. The molecule has 0 radical (unpaired) electrons. The molecular formula is C25H38FNO6S. The van der Waals surface area contributed by atoms with Crippen molar-refractivity contribution in [1.82, 2.24) is 0 Å². The Bertz CT molecular complexity index is 923. The minimum absolute atomic E-state index is 0.248. The number of hydrogen-bond donors (Lipinski definition) is 1. The van der Waals surface area contributed by atoms with E-state index in [2.05, 4.69) is 9.46 Å². The molecule has 0 saturated carbocycles. The van der Waals surface area contributed by atoms with Gasteiger partial charge in [-0.05, 0) is 70.4 Å². The quantitative estimate of drug-likeness (QED) is 0.554. The second-order valence-corrected chi connectivity index (χ2v) is 9.48. The second-order valence-electron chi connectivity index (χ2n) is 7.83. The summed E-state index contributed by atoms with van der Waals surface area (Å²) in [6, 6.07) is 13.8. The number of sulfonamides is 1. The maximum absolute atomic E-state index is 12.5. The number of aryl methyl sites for hydroxylation is 2. The molecule has 2 aromatic rings. The Labute approximate surface area is 203 Å². The number of anilines is 1. The van der Waals surface area contributed by atoms with Gasteiger partial charge in [0, 0.05) is 26.3 Å². The fourth-order valence-electron chi connectivity index (χ4n) is 2.45. The van der Waals surface area contributed by atoms with E-state index in [-0.39, 0.29) is 24.0 Å². The SMILES string of the molecule is C=O.CCF.COC.Cc1ccccc1S(=O)(=O)Nc1ccc(CCC(=O)OC(C)(C)C)cc1. The molecule has 0 fully saturated rings. The third-order valence-corrected chi connectivity index (χ3v) is 5.17. The predicted molar refractivity (Wildman–Crippen MR) is 134 cm³/mol. The molecule has 34 heavy (non-hydrogen) atoms. The maximum atomic E-state index is 12.5. The van der Waals surface area contributed by atoms with Gasteiger partial charge >= 0.3 is 5.97 Å². The highest BCUT2D eigenvalue weighted by molar-refractivity contribution is 7.92. The highest BCUT2D eigenvalue weighted by atomic mass is 32.2. The molecule has 0 spiro atoms. The van der Waals surface area contributed by atoms with Crippen LogP contribution >= 0.6 is 0 Å². The van der Waals surface area contributed by atoms with Crippen molar-refractivity contribution in [2.24, 2.45) is 0 Å². The van der Waals surface area contributed by atoms with Gasteiger partial charge in [0.2, 0.25) is 0 Å². The summed E-state index contributed by atoms with van der Waals surface area (Å²) in [4.78, 5) is 20.0. The van der Waals surface area contributed by atoms with Gasteiger partial charge in [-0.2, -0.15) is 0 Å². The van der Waals surface area contributed by atoms with Crippen LogP contribution in [0, 0.1) is 6.92 Å². The van der Waals surface area contributed by atoms with Gasteiger partial charge in [0.25, 0.3) is 10.0 Å². The molecule has 0 heterocycles. The summed E-state index contributed by atoms with van der Waals surface area (Å²) in [5, 5.41) is 0. The lowest BCUT2D eigenvalue weighted by Gasteiger charge is -2.19. The van der Waals surface area contributed by atoms with Crippen LogP contribution in [0.25, 0.3) is 0 Å². The standard InChI is InChI=1S/C20H25NO4S.C2H5F.C2H6O.CH2O/c1-15-7-5-6-8-18(15)26(23,24)21-17-12-9-16(10-13-17)11-14-19(22)25-20(2,3)4;1-2-3;1-3-2;1-2/h5-10,12-13,21H,11,14H2,1-4H3;2H2,1H3;1-2H3;1H2. The number of esters is 1. The van der Waals surface area contributed by atoms with Crippen LogP contribution in [0.2, 0.25) is 0 Å². The van der Waals surface area contributed by atoms with E-state index in [0.717, 1.165) is 5.56 Å². The van der Waals surface area contributed by atoms with Crippen LogP contribution < -0.4 is 4.72 Å². The summed E-state index contributed by atoms with van der Waals surface area (Å²) in [7, 11) is -0.377. The third-order valence-electron chi connectivity index (χ3n) is 3.63. The third kappa shape index (κ3) is 15.1. The molecule has 2 aromatic carbocycles. The number of ether oxygens (including phenoxy) is 2. The van der Waals surface area contributed by atoms with E-state index in [1.165, 1.54) is 6.92 Å². The number of carbonyl (C=O) groups excluding carboxylic acids is 2. The van der Waals surface area contributed by atoms with Crippen molar-refractivity contribution in [2.75, 3.05) is 25.6 Å². The lowest BCUT2D eigenvalue weighted by molar-refractivity contribution is -0.154. The summed E-state index contributed by atoms with van der Waals surface area (Å²) in [6.45, 7) is 10.5. The zero-order valence-electron chi connectivity index (χ0n) is 21.2. The van der Waals surface area contributed by atoms with Crippen molar-refractivity contribution in [1.29, 1.82) is 0 Å². The number of hydrogen-bond acceptors (Lipinski definition) is 6. The van der Waals surface area contributed by atoms with Gasteiger partial charge in [-0.25, -0.2) is 8.42 Å². The Kier molecular flexibility index (Phi) is 17.3. The molecule has 0 aliphatic rings. The first-order valence-corrected chi connectivity index (χ1v) is 12.0. The van der Waals surface area contributed by atoms with Crippen molar-refractivity contribution in [3.63, 3.8) is 0 Å². The largest absolute Gasteiger partial charge is 0.460 e. The molecule has 0 unspecified atom stereocenters. The molecule has 2 rings (SSSR count). The van der Waals surface area contributed by atoms with Crippen LogP contribution in [0.15, 0.2) is 53.4 Å². The highest BCUT2D eigenvalue weighted by Gasteiger charge is 2.17. The van der Waals surface area contributed by atoms with E-state index in [0.29, 0.717) is 17.7 Å². The lowest BCUT2D eigenvalue weighted by Crippen LogP contribution is -2.24. The molecular weight excluding hydrogens is 461 g/mol. The van der Waals surface area contributed by atoms with E-state index in [9.17, 15) is 17.6 Å². The molecule has 0 bridgehead atoms. The number of benzene rings is 2. The van der Waals surface area contributed by atoms with Gasteiger partial charge < -0.3 is 14.3 Å². The van der Waals surface area contributed by atoms with Crippen LogP contribution in [-0.4, -0.2) is 47.7 Å². The normalized spacial score (nSPS) is 10.2. The minimum Gasteiger partial charge on any atom is -0.460 e. The number of halogens is 1. The monoisotopic (exact) mass is 499 g/mol. The van der Waals surface area contributed by atoms with E-state index in [4.69, 9.17) is 9.53 Å². The average molecular weight is 500 g/mol. The smallest absolute Gasteiger partial charge is 0.306 e. The predicted octanol–water partition coefficient (Wildman–Crippen LogP) is 5.12. The molecule has 0 amide bonds. The molecule has 192 valence electrons. The van der Waals surface area contributed by atoms with Gasteiger partial charge in [-0.3, -0.25) is 13.9 Å². The number of methoxy groups -OCH3 is 1. The zero-order valence-corrected chi connectivity index (χ0v) is 22.0. The Morgan fingerprint density at radius 1 is 1.03 bits per heavy atom.